The Balaban J connectivity index is 1.34. The molecule has 2 aromatic carbocycles. The summed E-state index contributed by atoms with van der Waals surface area (Å²) in [6, 6.07) is 11.7. The van der Waals surface area contributed by atoms with Crippen molar-refractivity contribution in [2.24, 2.45) is 0 Å². The van der Waals surface area contributed by atoms with Crippen molar-refractivity contribution in [1.82, 2.24) is 0 Å². The van der Waals surface area contributed by atoms with Gasteiger partial charge in [-0.3, -0.25) is 4.79 Å². The van der Waals surface area contributed by atoms with Crippen LogP contribution in [0, 0.1) is 0 Å². The second kappa shape index (κ2) is 8.41. The zero-order valence-corrected chi connectivity index (χ0v) is 16.4. The molecule has 1 heterocycles. The molecule has 30 heavy (non-hydrogen) atoms. The minimum Gasteiger partial charge on any atom is -0.497 e. The highest BCUT2D eigenvalue weighted by Gasteiger charge is 2.20. The Hall–Kier alpha value is -3.61. The van der Waals surface area contributed by atoms with Crippen LogP contribution in [0.25, 0.3) is 11.0 Å². The van der Waals surface area contributed by atoms with Gasteiger partial charge in [-0.05, 0) is 61.2 Å². The Morgan fingerprint density at radius 2 is 1.70 bits per heavy atom. The molecule has 0 fully saturated rings. The van der Waals surface area contributed by atoms with Crippen molar-refractivity contribution in [3.63, 3.8) is 0 Å². The van der Waals surface area contributed by atoms with Crippen molar-refractivity contribution < 1.29 is 28.2 Å². The quantitative estimate of drug-likeness (QED) is 0.337. The van der Waals surface area contributed by atoms with E-state index in [1.54, 1.807) is 36.4 Å². The van der Waals surface area contributed by atoms with E-state index >= 15 is 0 Å². The molecule has 0 radical (unpaired) electrons. The number of benzene rings is 2. The van der Waals surface area contributed by atoms with E-state index in [4.69, 9.17) is 18.6 Å². The number of hydrogen-bond acceptors (Lipinski definition) is 7. The molecule has 0 unspecified atom stereocenters. The highest BCUT2D eigenvalue weighted by Crippen LogP contribution is 2.29. The largest absolute Gasteiger partial charge is 0.497 e. The van der Waals surface area contributed by atoms with Crippen LogP contribution in [0.3, 0.4) is 0 Å². The van der Waals surface area contributed by atoms with E-state index < -0.39 is 5.97 Å². The van der Waals surface area contributed by atoms with E-state index in [0.717, 1.165) is 35.8 Å². The van der Waals surface area contributed by atoms with Crippen LogP contribution in [0.2, 0.25) is 0 Å². The lowest BCUT2D eigenvalue weighted by molar-refractivity contribution is -0.144. The van der Waals surface area contributed by atoms with Gasteiger partial charge in [0, 0.05) is 22.6 Å². The van der Waals surface area contributed by atoms with E-state index in [2.05, 4.69) is 0 Å². The van der Waals surface area contributed by atoms with Crippen molar-refractivity contribution in [3.8, 4) is 11.5 Å². The minimum absolute atomic E-state index is 0.316. The minimum atomic E-state index is -0.674. The maximum Gasteiger partial charge on any atom is 0.344 e. The molecule has 4 rings (SSSR count). The molecule has 3 aromatic rings. The number of hydrogen-bond donors (Lipinski definition) is 0. The molecule has 0 atom stereocenters. The lowest BCUT2D eigenvalue weighted by Crippen LogP contribution is -2.19. The average molecular weight is 408 g/mol. The molecule has 1 aliphatic carbocycles. The molecule has 0 aliphatic heterocycles. The molecule has 0 spiro atoms. The maximum atomic E-state index is 12.1. The van der Waals surface area contributed by atoms with Gasteiger partial charge in [0.15, 0.2) is 19.0 Å². The van der Waals surface area contributed by atoms with E-state index in [1.165, 1.54) is 7.11 Å². The highest BCUT2D eigenvalue weighted by atomic mass is 16.6. The number of fused-ring (bicyclic) bond motifs is 3. The maximum absolute atomic E-state index is 12.1. The summed E-state index contributed by atoms with van der Waals surface area (Å²) in [6.07, 6.45) is 2.54. The molecule has 0 amide bonds. The first-order chi connectivity index (χ1) is 14.5. The van der Waals surface area contributed by atoms with Gasteiger partial charge in [-0.15, -0.1) is 0 Å². The first-order valence-electron chi connectivity index (χ1n) is 9.59. The summed E-state index contributed by atoms with van der Waals surface area (Å²) in [4.78, 5) is 36.1. The zero-order valence-electron chi connectivity index (χ0n) is 16.4. The van der Waals surface area contributed by atoms with Crippen LogP contribution in [-0.4, -0.2) is 32.1 Å². The normalized spacial score (nSPS) is 12.4. The summed E-state index contributed by atoms with van der Waals surface area (Å²) in [5.74, 6) is 0.00912. The molecule has 0 saturated heterocycles. The van der Waals surface area contributed by atoms with Crippen molar-refractivity contribution in [1.29, 1.82) is 0 Å². The molecule has 7 nitrogen and oxygen atoms in total. The summed E-state index contributed by atoms with van der Waals surface area (Å²) >= 11 is 0. The predicted octanol–water partition coefficient (Wildman–Crippen LogP) is 3.10. The van der Waals surface area contributed by atoms with Gasteiger partial charge in [0.2, 0.25) is 0 Å². The van der Waals surface area contributed by atoms with Gasteiger partial charge in [-0.1, -0.05) is 0 Å². The van der Waals surface area contributed by atoms with Crippen LogP contribution in [-0.2, 0) is 22.4 Å². The van der Waals surface area contributed by atoms with Gasteiger partial charge >= 0.3 is 11.6 Å². The summed E-state index contributed by atoms with van der Waals surface area (Å²) in [7, 11) is 1.54. The van der Waals surface area contributed by atoms with E-state index in [1.807, 2.05) is 6.07 Å². The van der Waals surface area contributed by atoms with Gasteiger partial charge in [0.1, 0.15) is 17.1 Å². The highest BCUT2D eigenvalue weighted by molar-refractivity contribution is 5.98. The number of carbonyl (C=O) groups is 2. The monoisotopic (exact) mass is 408 g/mol. The van der Waals surface area contributed by atoms with Gasteiger partial charge in [0.05, 0.1) is 7.11 Å². The lowest BCUT2D eigenvalue weighted by atomic mass is 10.1. The third kappa shape index (κ3) is 4.05. The van der Waals surface area contributed by atoms with Crippen molar-refractivity contribution in [2.75, 3.05) is 20.3 Å². The number of aryl methyl sites for hydroxylation is 1. The Kier molecular flexibility index (Phi) is 5.52. The number of rotatable bonds is 7. The summed E-state index contributed by atoms with van der Waals surface area (Å²) in [5.41, 5.74) is 2.32. The molecule has 1 aromatic heterocycles. The first kappa shape index (κ1) is 19.7. The number of carbonyl (C=O) groups excluding carboxylic acids is 2. The molecule has 1 aliphatic rings. The fourth-order valence-corrected chi connectivity index (χ4v) is 3.54. The Bertz CT molecular complexity index is 1160. The second-order valence-corrected chi connectivity index (χ2v) is 6.96. The third-order valence-corrected chi connectivity index (χ3v) is 5.08. The van der Waals surface area contributed by atoms with Gasteiger partial charge in [0.25, 0.3) is 0 Å². The topological polar surface area (TPSA) is 92.0 Å². The van der Waals surface area contributed by atoms with Gasteiger partial charge in [-0.2, -0.15) is 0 Å². The molecule has 0 saturated carbocycles. The van der Waals surface area contributed by atoms with Crippen LogP contribution in [0.15, 0.2) is 51.7 Å². The zero-order chi connectivity index (χ0) is 21.1. The number of ketones is 1. The second-order valence-electron chi connectivity index (χ2n) is 6.96. The van der Waals surface area contributed by atoms with Crippen molar-refractivity contribution in [3.05, 3.63) is 69.6 Å². The number of Topliss-reactive ketones (excluding diaryl/α,β-unsaturated/α-hetero) is 1. The number of ether oxygens (including phenoxy) is 3. The number of esters is 1. The first-order valence-corrected chi connectivity index (χ1v) is 9.59. The molecule has 7 heteroatoms. The number of methoxy groups -OCH3 is 1. The van der Waals surface area contributed by atoms with Crippen molar-refractivity contribution in [2.45, 2.75) is 19.3 Å². The van der Waals surface area contributed by atoms with Crippen LogP contribution >= 0.6 is 0 Å². The summed E-state index contributed by atoms with van der Waals surface area (Å²) in [5, 5.41) is 0.891. The van der Waals surface area contributed by atoms with E-state index in [0.29, 0.717) is 22.6 Å². The van der Waals surface area contributed by atoms with Crippen LogP contribution in [0.4, 0.5) is 0 Å². The Morgan fingerprint density at radius 3 is 2.47 bits per heavy atom. The van der Waals surface area contributed by atoms with E-state index in [9.17, 15) is 14.4 Å². The molecule has 154 valence electrons. The van der Waals surface area contributed by atoms with Gasteiger partial charge < -0.3 is 18.6 Å². The van der Waals surface area contributed by atoms with Crippen LogP contribution in [0.5, 0.6) is 11.5 Å². The molecular formula is C23H20O7. The molecule has 0 N–H and O–H groups in total. The third-order valence-electron chi connectivity index (χ3n) is 5.08. The standard InChI is InChI=1S/C23H20O7/c1-27-15-7-5-14(6-8-15)20(24)12-29-22(25)13-28-16-9-10-18-17-3-2-4-19(17)23(26)30-21(18)11-16/h5-11H,2-4,12-13H2,1H3. The van der Waals surface area contributed by atoms with Crippen LogP contribution in [0.1, 0.15) is 27.9 Å². The lowest BCUT2D eigenvalue weighted by Gasteiger charge is -2.09. The average Bonchev–Trinajstić information content (AvgIpc) is 3.27. The molecule has 0 bridgehead atoms. The van der Waals surface area contributed by atoms with Crippen LogP contribution < -0.4 is 15.1 Å². The predicted molar refractivity (Wildman–Crippen MR) is 108 cm³/mol. The SMILES string of the molecule is COc1ccc(C(=O)COC(=O)COc2ccc3c4c(c(=O)oc3c2)CCC4)cc1. The summed E-state index contributed by atoms with van der Waals surface area (Å²) < 4.78 is 20.9. The fraction of sp³-hybridized carbons (Fsp3) is 0.261. The smallest absolute Gasteiger partial charge is 0.344 e. The summed E-state index contributed by atoms with van der Waals surface area (Å²) in [6.45, 7) is -0.746. The van der Waals surface area contributed by atoms with E-state index in [-0.39, 0.29) is 24.6 Å². The van der Waals surface area contributed by atoms with Gasteiger partial charge in [-0.25, -0.2) is 9.59 Å². The Morgan fingerprint density at radius 1 is 0.967 bits per heavy atom. The fourth-order valence-electron chi connectivity index (χ4n) is 3.54. The van der Waals surface area contributed by atoms with Crippen molar-refractivity contribution >= 4 is 22.7 Å². The Labute approximate surface area is 172 Å². The molecular weight excluding hydrogens is 388 g/mol.